The van der Waals surface area contributed by atoms with Crippen molar-refractivity contribution in [3.8, 4) is 5.75 Å². The second-order valence-corrected chi connectivity index (χ2v) is 4.94. The molecule has 0 saturated heterocycles. The van der Waals surface area contributed by atoms with Gasteiger partial charge in [-0.15, -0.1) is 0 Å². The third-order valence-electron chi connectivity index (χ3n) is 3.75. The van der Waals surface area contributed by atoms with Gasteiger partial charge in [0.05, 0.1) is 6.10 Å². The van der Waals surface area contributed by atoms with Crippen LogP contribution in [0.4, 0.5) is 0 Å². The zero-order valence-electron chi connectivity index (χ0n) is 11.2. The van der Waals surface area contributed by atoms with Gasteiger partial charge in [0, 0.05) is 11.6 Å². The third kappa shape index (κ3) is 2.85. The maximum atomic E-state index is 9.85. The topological polar surface area (TPSA) is 41.5 Å². The molecule has 3 unspecified atom stereocenters. The Bertz CT molecular complexity index is 377. The van der Waals surface area contributed by atoms with Crippen LogP contribution < -0.4 is 10.1 Å². The molecule has 3 atom stereocenters. The van der Waals surface area contributed by atoms with Crippen molar-refractivity contribution in [3.63, 3.8) is 0 Å². The van der Waals surface area contributed by atoms with E-state index in [9.17, 15) is 5.11 Å². The highest BCUT2D eigenvalue weighted by Gasteiger charge is 2.27. The Morgan fingerprint density at radius 3 is 2.78 bits per heavy atom. The predicted molar refractivity (Wildman–Crippen MR) is 72.8 cm³/mol. The van der Waals surface area contributed by atoms with E-state index < -0.39 is 0 Å². The number of benzene rings is 1. The molecule has 2 rings (SSSR count). The first-order chi connectivity index (χ1) is 8.76. The Morgan fingerprint density at radius 2 is 2.17 bits per heavy atom. The first kappa shape index (κ1) is 13.4. The molecule has 0 bridgehead atoms. The highest BCUT2D eigenvalue weighted by atomic mass is 16.5. The summed E-state index contributed by atoms with van der Waals surface area (Å²) in [4.78, 5) is 0. The molecule has 0 amide bonds. The number of hydrogen-bond acceptors (Lipinski definition) is 3. The van der Waals surface area contributed by atoms with Crippen LogP contribution in [-0.4, -0.2) is 24.4 Å². The minimum Gasteiger partial charge on any atom is -0.487 e. The number of para-hydroxylation sites is 1. The lowest BCUT2D eigenvalue weighted by molar-refractivity contribution is 0.0594. The molecule has 18 heavy (non-hydrogen) atoms. The van der Waals surface area contributed by atoms with Crippen LogP contribution in [-0.2, 0) is 0 Å². The van der Waals surface area contributed by atoms with E-state index in [1.165, 1.54) is 5.56 Å². The fraction of sp³-hybridized carbons (Fsp3) is 0.600. The van der Waals surface area contributed by atoms with Gasteiger partial charge in [0.15, 0.2) is 0 Å². The van der Waals surface area contributed by atoms with Crippen LogP contribution in [0.25, 0.3) is 0 Å². The van der Waals surface area contributed by atoms with Crippen LogP contribution in [0.2, 0.25) is 0 Å². The molecule has 0 heterocycles. The molecule has 3 nitrogen and oxygen atoms in total. The van der Waals surface area contributed by atoms with Crippen molar-refractivity contribution in [3.05, 3.63) is 29.8 Å². The van der Waals surface area contributed by atoms with Crippen molar-refractivity contribution in [2.24, 2.45) is 0 Å². The molecular formula is C15H23NO2. The summed E-state index contributed by atoms with van der Waals surface area (Å²) in [5.41, 5.74) is 1.18. The van der Waals surface area contributed by atoms with E-state index in [0.29, 0.717) is 6.04 Å². The van der Waals surface area contributed by atoms with E-state index in [2.05, 4.69) is 18.3 Å². The lowest BCUT2D eigenvalue weighted by atomic mass is 10.0. The maximum absolute atomic E-state index is 9.85. The summed E-state index contributed by atoms with van der Waals surface area (Å²) in [5.74, 6) is 0.907. The maximum Gasteiger partial charge on any atom is 0.124 e. The smallest absolute Gasteiger partial charge is 0.124 e. The van der Waals surface area contributed by atoms with Crippen molar-refractivity contribution in [1.82, 2.24) is 5.32 Å². The van der Waals surface area contributed by atoms with Gasteiger partial charge in [0.1, 0.15) is 11.9 Å². The minimum absolute atomic E-state index is 0.0412. The Kier molecular flexibility index (Phi) is 4.61. The second kappa shape index (κ2) is 6.21. The van der Waals surface area contributed by atoms with E-state index in [1.54, 1.807) is 0 Å². The van der Waals surface area contributed by atoms with E-state index in [1.807, 2.05) is 25.2 Å². The lowest BCUT2D eigenvalue weighted by Gasteiger charge is -2.23. The first-order valence-electron chi connectivity index (χ1n) is 6.87. The molecule has 0 radical (unpaired) electrons. The molecule has 0 spiro atoms. The Balaban J connectivity index is 2.16. The fourth-order valence-corrected chi connectivity index (χ4v) is 2.66. The largest absolute Gasteiger partial charge is 0.487 e. The summed E-state index contributed by atoms with van der Waals surface area (Å²) in [6.45, 7) is 2.16. The molecule has 1 aliphatic rings. The van der Waals surface area contributed by atoms with Gasteiger partial charge in [-0.05, 0) is 38.8 Å². The van der Waals surface area contributed by atoms with Gasteiger partial charge in [-0.25, -0.2) is 0 Å². The fourth-order valence-electron chi connectivity index (χ4n) is 2.66. The first-order valence-corrected chi connectivity index (χ1v) is 6.87. The number of nitrogens with one attached hydrogen (secondary N) is 1. The summed E-state index contributed by atoms with van der Waals surface area (Å²) < 4.78 is 6.01. The average Bonchev–Trinajstić information content (AvgIpc) is 2.79. The highest BCUT2D eigenvalue weighted by Crippen LogP contribution is 2.31. The molecule has 100 valence electrons. The van der Waals surface area contributed by atoms with Gasteiger partial charge in [-0.2, -0.15) is 0 Å². The summed E-state index contributed by atoms with van der Waals surface area (Å²) in [7, 11) is 1.97. The second-order valence-electron chi connectivity index (χ2n) is 4.94. The molecular weight excluding hydrogens is 226 g/mol. The Morgan fingerprint density at radius 1 is 1.39 bits per heavy atom. The predicted octanol–water partition coefficient (Wildman–Crippen LogP) is 2.65. The number of rotatable bonds is 5. The van der Waals surface area contributed by atoms with Crippen molar-refractivity contribution >= 4 is 0 Å². The van der Waals surface area contributed by atoms with Crippen molar-refractivity contribution in [1.29, 1.82) is 0 Å². The van der Waals surface area contributed by atoms with Gasteiger partial charge in [0.25, 0.3) is 0 Å². The number of aliphatic hydroxyl groups is 1. The summed E-state index contributed by atoms with van der Waals surface area (Å²) >= 11 is 0. The van der Waals surface area contributed by atoms with Gasteiger partial charge in [-0.1, -0.05) is 25.1 Å². The van der Waals surface area contributed by atoms with E-state index >= 15 is 0 Å². The SMILES string of the molecule is CCC(NC)c1ccccc1OC1CCCC1O. The van der Waals surface area contributed by atoms with Crippen LogP contribution in [0.5, 0.6) is 5.75 Å². The molecule has 1 saturated carbocycles. The van der Waals surface area contributed by atoms with E-state index in [4.69, 9.17) is 4.74 Å². The standard InChI is InChI=1S/C15H23NO2/c1-3-12(16-2)11-7-4-5-9-14(11)18-15-10-6-8-13(15)17/h4-5,7,9,12-13,15-17H,3,6,8,10H2,1-2H3. The van der Waals surface area contributed by atoms with Gasteiger partial charge in [-0.3, -0.25) is 0 Å². The molecule has 3 heteroatoms. The van der Waals surface area contributed by atoms with Crippen LogP contribution >= 0.6 is 0 Å². The molecule has 1 aromatic rings. The van der Waals surface area contributed by atoms with E-state index in [-0.39, 0.29) is 12.2 Å². The Hall–Kier alpha value is -1.06. The van der Waals surface area contributed by atoms with Gasteiger partial charge in [0.2, 0.25) is 0 Å². The number of hydrogen-bond donors (Lipinski definition) is 2. The van der Waals surface area contributed by atoms with Gasteiger partial charge >= 0.3 is 0 Å². The van der Waals surface area contributed by atoms with Crippen LogP contribution in [0.15, 0.2) is 24.3 Å². The van der Waals surface area contributed by atoms with Crippen LogP contribution in [0.3, 0.4) is 0 Å². The third-order valence-corrected chi connectivity index (χ3v) is 3.75. The summed E-state index contributed by atoms with van der Waals surface area (Å²) in [6.07, 6.45) is 3.52. The highest BCUT2D eigenvalue weighted by molar-refractivity contribution is 5.36. The van der Waals surface area contributed by atoms with Gasteiger partial charge < -0.3 is 15.2 Å². The lowest BCUT2D eigenvalue weighted by Crippen LogP contribution is -2.27. The van der Waals surface area contributed by atoms with Crippen LogP contribution in [0, 0.1) is 0 Å². The number of ether oxygens (including phenoxy) is 1. The molecule has 1 fully saturated rings. The molecule has 1 aromatic carbocycles. The monoisotopic (exact) mass is 249 g/mol. The summed E-state index contributed by atoms with van der Waals surface area (Å²) in [6, 6.07) is 8.43. The molecule has 1 aliphatic carbocycles. The van der Waals surface area contributed by atoms with E-state index in [0.717, 1.165) is 31.4 Å². The average molecular weight is 249 g/mol. The van der Waals surface area contributed by atoms with Crippen molar-refractivity contribution < 1.29 is 9.84 Å². The van der Waals surface area contributed by atoms with Crippen LogP contribution in [0.1, 0.15) is 44.2 Å². The zero-order valence-corrected chi connectivity index (χ0v) is 11.2. The molecule has 0 aromatic heterocycles. The van der Waals surface area contributed by atoms with Crippen molar-refractivity contribution in [2.75, 3.05) is 7.05 Å². The molecule has 2 N–H and O–H groups in total. The number of aliphatic hydroxyl groups excluding tert-OH is 1. The normalized spacial score (nSPS) is 25.1. The summed E-state index contributed by atoms with van der Waals surface area (Å²) in [5, 5.41) is 13.2. The van der Waals surface area contributed by atoms with Crippen molar-refractivity contribution in [2.45, 2.75) is 50.9 Å². The zero-order chi connectivity index (χ0) is 13.0. The quantitative estimate of drug-likeness (QED) is 0.843. The minimum atomic E-state index is -0.312. The molecule has 0 aliphatic heterocycles. The Labute approximate surface area is 109 Å².